The summed E-state index contributed by atoms with van der Waals surface area (Å²) in [4.78, 5) is 36.8. The standard InChI is InChI=1S/C18H22N8O6S3/c1-5-30-15(27)10-13(34-24-21-10)19-9(4)8-26-14(11(20-23-26)16(28)31-6-2)33-18-12(22-25-35-18)17(29)32-7-3/h9,19H,5-8H2,1-4H3. The number of anilines is 1. The Morgan fingerprint density at radius 1 is 0.886 bits per heavy atom. The number of hydrogen-bond donors (Lipinski definition) is 1. The molecule has 0 spiro atoms. The molecular weight excluding hydrogens is 520 g/mol. The van der Waals surface area contributed by atoms with Crippen LogP contribution in [0.25, 0.3) is 0 Å². The summed E-state index contributed by atoms with van der Waals surface area (Å²) < 4.78 is 24.7. The third-order valence-corrected chi connectivity index (χ3v) is 6.68. The molecule has 0 bridgehead atoms. The van der Waals surface area contributed by atoms with Gasteiger partial charge in [-0.1, -0.05) is 26.0 Å². The lowest BCUT2D eigenvalue weighted by Crippen LogP contribution is -2.24. The van der Waals surface area contributed by atoms with Crippen molar-refractivity contribution in [2.75, 3.05) is 25.1 Å². The number of carbonyl (C=O) groups is 3. The molecule has 1 unspecified atom stereocenters. The van der Waals surface area contributed by atoms with Crippen molar-refractivity contribution in [3.05, 3.63) is 17.1 Å². The number of nitrogens with one attached hydrogen (secondary N) is 1. The molecule has 188 valence electrons. The largest absolute Gasteiger partial charge is 0.461 e. The Kier molecular flexibility index (Phi) is 9.44. The number of aromatic nitrogens is 7. The lowest BCUT2D eigenvalue weighted by molar-refractivity contribution is 0.0506. The lowest BCUT2D eigenvalue weighted by atomic mass is 10.3. The molecule has 3 heterocycles. The summed E-state index contributed by atoms with van der Waals surface area (Å²) >= 11 is 3.05. The van der Waals surface area contributed by atoms with E-state index in [1.54, 1.807) is 20.8 Å². The second-order valence-electron chi connectivity index (χ2n) is 6.59. The smallest absolute Gasteiger partial charge is 0.362 e. The maximum absolute atomic E-state index is 12.5. The van der Waals surface area contributed by atoms with E-state index in [0.29, 0.717) is 14.2 Å². The van der Waals surface area contributed by atoms with Gasteiger partial charge in [0.1, 0.15) is 14.2 Å². The van der Waals surface area contributed by atoms with Gasteiger partial charge in [-0.05, 0) is 39.2 Å². The fourth-order valence-corrected chi connectivity index (χ4v) is 5.06. The summed E-state index contributed by atoms with van der Waals surface area (Å²) in [5.74, 6) is -1.87. The monoisotopic (exact) mass is 542 g/mol. The Balaban J connectivity index is 1.85. The predicted octanol–water partition coefficient (Wildman–Crippen LogP) is 2.16. The Labute approximate surface area is 212 Å². The molecule has 35 heavy (non-hydrogen) atoms. The van der Waals surface area contributed by atoms with Gasteiger partial charge in [0.05, 0.1) is 26.4 Å². The average molecular weight is 543 g/mol. The van der Waals surface area contributed by atoms with Gasteiger partial charge in [0.15, 0.2) is 5.69 Å². The highest BCUT2D eigenvalue weighted by atomic mass is 32.2. The summed E-state index contributed by atoms with van der Waals surface area (Å²) in [7, 11) is 0. The van der Waals surface area contributed by atoms with E-state index >= 15 is 0 Å². The molecule has 1 atom stereocenters. The third kappa shape index (κ3) is 6.49. The molecule has 17 heteroatoms. The van der Waals surface area contributed by atoms with E-state index in [9.17, 15) is 14.4 Å². The number of carbonyl (C=O) groups excluding carboxylic acids is 3. The van der Waals surface area contributed by atoms with Crippen LogP contribution in [0.15, 0.2) is 9.24 Å². The van der Waals surface area contributed by atoms with Crippen molar-refractivity contribution in [1.82, 2.24) is 34.2 Å². The van der Waals surface area contributed by atoms with Crippen LogP contribution in [0.4, 0.5) is 5.00 Å². The van der Waals surface area contributed by atoms with Crippen LogP contribution in [-0.2, 0) is 20.8 Å². The first-order valence-electron chi connectivity index (χ1n) is 10.4. The number of ether oxygens (including phenoxy) is 3. The van der Waals surface area contributed by atoms with Crippen LogP contribution in [0.2, 0.25) is 0 Å². The van der Waals surface area contributed by atoms with E-state index in [1.165, 1.54) is 4.68 Å². The molecule has 3 rings (SSSR count). The van der Waals surface area contributed by atoms with Gasteiger partial charge in [0, 0.05) is 17.6 Å². The first-order valence-corrected chi connectivity index (χ1v) is 12.8. The molecule has 3 aromatic heterocycles. The van der Waals surface area contributed by atoms with E-state index < -0.39 is 17.9 Å². The van der Waals surface area contributed by atoms with Crippen molar-refractivity contribution in [2.24, 2.45) is 0 Å². The quantitative estimate of drug-likeness (QED) is 0.260. The van der Waals surface area contributed by atoms with Crippen LogP contribution in [-0.4, -0.2) is 77.9 Å². The Morgan fingerprint density at radius 2 is 1.46 bits per heavy atom. The summed E-state index contributed by atoms with van der Waals surface area (Å²) in [6.07, 6.45) is 0. The maximum atomic E-state index is 12.5. The molecule has 0 aliphatic rings. The molecule has 0 amide bonds. The Hall–Kier alpha value is -3.18. The molecule has 0 aliphatic heterocycles. The van der Waals surface area contributed by atoms with E-state index in [-0.39, 0.29) is 49.5 Å². The molecule has 0 fully saturated rings. The minimum absolute atomic E-state index is 0.0149. The molecule has 3 aromatic rings. The minimum atomic E-state index is -0.659. The number of rotatable bonds is 12. The van der Waals surface area contributed by atoms with Crippen molar-refractivity contribution >= 4 is 57.7 Å². The van der Waals surface area contributed by atoms with Gasteiger partial charge in [0.2, 0.25) is 11.4 Å². The molecule has 0 aromatic carbocycles. The maximum Gasteiger partial charge on any atom is 0.362 e. The summed E-state index contributed by atoms with van der Waals surface area (Å²) in [5, 5.41) is 19.7. The number of nitrogens with zero attached hydrogens (tertiary/aromatic N) is 7. The van der Waals surface area contributed by atoms with Crippen LogP contribution in [0.1, 0.15) is 59.2 Å². The van der Waals surface area contributed by atoms with E-state index in [0.717, 1.165) is 34.8 Å². The molecule has 0 saturated heterocycles. The zero-order valence-electron chi connectivity index (χ0n) is 19.2. The van der Waals surface area contributed by atoms with Gasteiger partial charge in [-0.15, -0.1) is 15.3 Å². The fourth-order valence-electron chi connectivity index (χ4n) is 2.66. The molecule has 1 N–H and O–H groups in total. The first kappa shape index (κ1) is 26.4. The van der Waals surface area contributed by atoms with Crippen LogP contribution >= 0.6 is 34.8 Å². The van der Waals surface area contributed by atoms with E-state index in [1.807, 2.05) is 6.92 Å². The van der Waals surface area contributed by atoms with Gasteiger partial charge < -0.3 is 19.5 Å². The highest BCUT2D eigenvalue weighted by molar-refractivity contribution is 8.01. The minimum Gasteiger partial charge on any atom is -0.461 e. The summed E-state index contributed by atoms with van der Waals surface area (Å²) in [5.41, 5.74) is 0.100. The third-order valence-electron chi connectivity index (χ3n) is 4.06. The lowest BCUT2D eigenvalue weighted by Gasteiger charge is -2.15. The van der Waals surface area contributed by atoms with Crippen LogP contribution in [0.5, 0.6) is 0 Å². The molecule has 0 aliphatic carbocycles. The van der Waals surface area contributed by atoms with Crippen molar-refractivity contribution < 1.29 is 28.6 Å². The number of hydrogen-bond acceptors (Lipinski definition) is 16. The van der Waals surface area contributed by atoms with Crippen molar-refractivity contribution in [3.8, 4) is 0 Å². The SMILES string of the molecule is CCOC(=O)c1nnsc1NC(C)Cn1nnc(C(=O)OCC)c1Sc1snnc1C(=O)OCC. The van der Waals surface area contributed by atoms with Gasteiger partial charge in [0.25, 0.3) is 0 Å². The van der Waals surface area contributed by atoms with Crippen LogP contribution in [0, 0.1) is 0 Å². The Morgan fingerprint density at radius 3 is 2.11 bits per heavy atom. The molecular formula is C18H22N8O6S3. The van der Waals surface area contributed by atoms with Crippen LogP contribution in [0.3, 0.4) is 0 Å². The van der Waals surface area contributed by atoms with Gasteiger partial charge in [-0.25, -0.2) is 19.1 Å². The first-order chi connectivity index (χ1) is 16.9. The topological polar surface area (TPSA) is 173 Å². The van der Waals surface area contributed by atoms with Crippen molar-refractivity contribution in [3.63, 3.8) is 0 Å². The normalized spacial score (nSPS) is 11.7. The molecule has 14 nitrogen and oxygen atoms in total. The Bertz CT molecular complexity index is 1180. The predicted molar refractivity (Wildman–Crippen MR) is 125 cm³/mol. The van der Waals surface area contributed by atoms with E-state index in [4.69, 9.17) is 14.2 Å². The number of esters is 3. The summed E-state index contributed by atoms with van der Waals surface area (Å²) in [6.45, 7) is 7.67. The van der Waals surface area contributed by atoms with Gasteiger partial charge in [-0.2, -0.15) is 0 Å². The second kappa shape index (κ2) is 12.5. The zero-order valence-corrected chi connectivity index (χ0v) is 21.7. The van der Waals surface area contributed by atoms with Gasteiger partial charge >= 0.3 is 17.9 Å². The van der Waals surface area contributed by atoms with Crippen molar-refractivity contribution in [2.45, 2.75) is 49.5 Å². The van der Waals surface area contributed by atoms with Crippen molar-refractivity contribution in [1.29, 1.82) is 0 Å². The van der Waals surface area contributed by atoms with Crippen LogP contribution < -0.4 is 5.32 Å². The second-order valence-corrected chi connectivity index (χ2v) is 9.36. The highest BCUT2D eigenvalue weighted by Gasteiger charge is 2.27. The summed E-state index contributed by atoms with van der Waals surface area (Å²) in [6, 6.07) is -0.300. The average Bonchev–Trinajstić information content (AvgIpc) is 3.55. The fraction of sp³-hybridized carbons (Fsp3) is 0.500. The highest BCUT2D eigenvalue weighted by Crippen LogP contribution is 2.35. The van der Waals surface area contributed by atoms with Gasteiger partial charge in [-0.3, -0.25) is 0 Å². The zero-order chi connectivity index (χ0) is 25.4. The molecule has 0 radical (unpaired) electrons. The molecule has 0 saturated carbocycles. The van der Waals surface area contributed by atoms with E-state index in [2.05, 4.69) is 34.8 Å².